The van der Waals surface area contributed by atoms with Crippen LogP contribution < -0.4 is 10.6 Å². The van der Waals surface area contributed by atoms with Gasteiger partial charge in [0.05, 0.1) is 6.10 Å². The molecule has 0 radical (unpaired) electrons. The molecule has 0 spiro atoms. The van der Waals surface area contributed by atoms with Gasteiger partial charge in [-0.1, -0.05) is 27.7 Å². The van der Waals surface area contributed by atoms with Crippen LogP contribution in [-0.2, 0) is 4.74 Å². The van der Waals surface area contributed by atoms with Gasteiger partial charge >= 0.3 is 0 Å². The van der Waals surface area contributed by atoms with E-state index in [0.717, 1.165) is 57.0 Å². The molecule has 3 heteroatoms. The van der Waals surface area contributed by atoms with E-state index in [9.17, 15) is 0 Å². The molecule has 3 nitrogen and oxygen atoms in total. The second-order valence-corrected chi connectivity index (χ2v) is 6.53. The van der Waals surface area contributed by atoms with E-state index in [4.69, 9.17) is 4.74 Å². The molecule has 0 amide bonds. The Morgan fingerprint density at radius 2 is 1.74 bits per heavy atom. The first-order chi connectivity index (χ1) is 9.11. The fourth-order valence-electron chi connectivity index (χ4n) is 2.92. The van der Waals surface area contributed by atoms with E-state index in [1.807, 2.05) is 0 Å². The maximum absolute atomic E-state index is 5.90. The summed E-state index contributed by atoms with van der Waals surface area (Å²) in [5.74, 6) is 2.31. The summed E-state index contributed by atoms with van der Waals surface area (Å²) >= 11 is 0. The molecule has 1 aliphatic rings. The molecule has 0 bridgehead atoms. The first-order valence-electron chi connectivity index (χ1n) is 8.14. The highest BCUT2D eigenvalue weighted by Crippen LogP contribution is 2.19. The van der Waals surface area contributed by atoms with Crippen LogP contribution in [0.4, 0.5) is 0 Å². The summed E-state index contributed by atoms with van der Waals surface area (Å²) in [7, 11) is 0. The molecule has 0 atom stereocenters. The van der Waals surface area contributed by atoms with Gasteiger partial charge in [0.1, 0.15) is 0 Å². The highest BCUT2D eigenvalue weighted by atomic mass is 16.5. The molecule has 1 aliphatic heterocycles. The molecule has 0 aromatic carbocycles. The van der Waals surface area contributed by atoms with Crippen molar-refractivity contribution in [2.45, 2.75) is 53.1 Å². The summed E-state index contributed by atoms with van der Waals surface area (Å²) in [4.78, 5) is 0. The van der Waals surface area contributed by atoms with E-state index < -0.39 is 0 Å². The number of rotatable bonds is 9. The van der Waals surface area contributed by atoms with Crippen LogP contribution in [0.2, 0.25) is 0 Å². The molecule has 1 fully saturated rings. The van der Waals surface area contributed by atoms with Crippen LogP contribution in [0.1, 0.15) is 47.0 Å². The molecule has 1 rings (SSSR count). The third-order valence-corrected chi connectivity index (χ3v) is 4.23. The molecule has 1 saturated heterocycles. The van der Waals surface area contributed by atoms with Crippen LogP contribution in [0.3, 0.4) is 0 Å². The van der Waals surface area contributed by atoms with Crippen molar-refractivity contribution in [2.75, 3.05) is 32.8 Å². The van der Waals surface area contributed by atoms with Gasteiger partial charge in [-0.15, -0.1) is 0 Å². The van der Waals surface area contributed by atoms with Crippen molar-refractivity contribution in [3.63, 3.8) is 0 Å². The third-order valence-electron chi connectivity index (χ3n) is 4.23. The normalized spacial score (nSPS) is 17.8. The SMILES string of the molecule is CC(C)C(CNCCCOC1CCNCC1)C(C)C. The quantitative estimate of drug-likeness (QED) is 0.632. The predicted octanol–water partition coefficient (Wildman–Crippen LogP) is 2.66. The van der Waals surface area contributed by atoms with E-state index in [-0.39, 0.29) is 0 Å². The Balaban J connectivity index is 1.98. The van der Waals surface area contributed by atoms with Crippen LogP contribution in [0.15, 0.2) is 0 Å². The van der Waals surface area contributed by atoms with Gasteiger partial charge in [-0.2, -0.15) is 0 Å². The summed E-state index contributed by atoms with van der Waals surface area (Å²) < 4.78 is 5.90. The van der Waals surface area contributed by atoms with Crippen LogP contribution in [0, 0.1) is 17.8 Å². The van der Waals surface area contributed by atoms with E-state index in [2.05, 4.69) is 38.3 Å². The first-order valence-corrected chi connectivity index (χ1v) is 8.14. The molecule has 0 saturated carbocycles. The van der Waals surface area contributed by atoms with Gasteiger partial charge in [-0.3, -0.25) is 0 Å². The Kier molecular flexibility index (Phi) is 8.67. The maximum atomic E-state index is 5.90. The van der Waals surface area contributed by atoms with E-state index >= 15 is 0 Å². The van der Waals surface area contributed by atoms with Crippen molar-refractivity contribution in [3.8, 4) is 0 Å². The Morgan fingerprint density at radius 3 is 2.32 bits per heavy atom. The zero-order valence-corrected chi connectivity index (χ0v) is 13.4. The van der Waals surface area contributed by atoms with Gasteiger partial charge in [0.25, 0.3) is 0 Å². The Labute approximate surface area is 119 Å². The molecule has 1 heterocycles. The van der Waals surface area contributed by atoms with Crippen molar-refractivity contribution in [1.29, 1.82) is 0 Å². The van der Waals surface area contributed by atoms with Crippen LogP contribution in [-0.4, -0.2) is 38.9 Å². The minimum atomic E-state index is 0.500. The fraction of sp³-hybridized carbons (Fsp3) is 1.00. The zero-order chi connectivity index (χ0) is 14.1. The number of nitrogens with one attached hydrogen (secondary N) is 2. The lowest BCUT2D eigenvalue weighted by atomic mass is 9.85. The smallest absolute Gasteiger partial charge is 0.0599 e. The second kappa shape index (κ2) is 9.73. The summed E-state index contributed by atoms with van der Waals surface area (Å²) in [6.45, 7) is 14.7. The van der Waals surface area contributed by atoms with Crippen LogP contribution in [0.5, 0.6) is 0 Å². The Morgan fingerprint density at radius 1 is 1.11 bits per heavy atom. The molecule has 19 heavy (non-hydrogen) atoms. The van der Waals surface area contributed by atoms with Gasteiger partial charge in [0.2, 0.25) is 0 Å². The number of ether oxygens (including phenoxy) is 1. The van der Waals surface area contributed by atoms with Gasteiger partial charge in [0.15, 0.2) is 0 Å². The highest BCUT2D eigenvalue weighted by Gasteiger charge is 2.16. The van der Waals surface area contributed by atoms with E-state index in [1.54, 1.807) is 0 Å². The average molecular weight is 270 g/mol. The summed E-state index contributed by atoms with van der Waals surface area (Å²) in [5, 5.41) is 6.96. The Bertz CT molecular complexity index is 205. The molecule has 0 aromatic heterocycles. The van der Waals surface area contributed by atoms with Crippen molar-refractivity contribution in [1.82, 2.24) is 10.6 Å². The first kappa shape index (κ1) is 16.9. The summed E-state index contributed by atoms with van der Waals surface area (Å²) in [6.07, 6.45) is 3.99. The number of piperidine rings is 1. The second-order valence-electron chi connectivity index (χ2n) is 6.53. The molecule has 0 unspecified atom stereocenters. The average Bonchev–Trinajstić information content (AvgIpc) is 2.38. The zero-order valence-electron chi connectivity index (χ0n) is 13.4. The molecule has 0 aliphatic carbocycles. The molecule has 2 N–H and O–H groups in total. The Hall–Kier alpha value is -0.120. The van der Waals surface area contributed by atoms with Crippen molar-refractivity contribution in [3.05, 3.63) is 0 Å². The molecule has 0 aromatic rings. The molecule has 114 valence electrons. The standard InChI is InChI=1S/C16H34N2O/c1-13(2)16(14(3)4)12-18-8-5-11-19-15-6-9-17-10-7-15/h13-18H,5-12H2,1-4H3. The molecular formula is C16H34N2O. The minimum Gasteiger partial charge on any atom is -0.378 e. The predicted molar refractivity (Wildman–Crippen MR) is 82.5 cm³/mol. The van der Waals surface area contributed by atoms with Gasteiger partial charge < -0.3 is 15.4 Å². The maximum Gasteiger partial charge on any atom is 0.0599 e. The number of hydrogen-bond donors (Lipinski definition) is 2. The van der Waals surface area contributed by atoms with E-state index in [0.29, 0.717) is 6.10 Å². The lowest BCUT2D eigenvalue weighted by Gasteiger charge is -2.25. The van der Waals surface area contributed by atoms with Crippen LogP contribution in [0.25, 0.3) is 0 Å². The van der Waals surface area contributed by atoms with Crippen molar-refractivity contribution in [2.24, 2.45) is 17.8 Å². The lowest BCUT2D eigenvalue weighted by Crippen LogP contribution is -2.33. The fourth-order valence-corrected chi connectivity index (χ4v) is 2.92. The van der Waals surface area contributed by atoms with Gasteiger partial charge in [-0.25, -0.2) is 0 Å². The lowest BCUT2D eigenvalue weighted by molar-refractivity contribution is 0.0316. The summed E-state index contributed by atoms with van der Waals surface area (Å²) in [6, 6.07) is 0. The van der Waals surface area contributed by atoms with Crippen LogP contribution >= 0.6 is 0 Å². The topological polar surface area (TPSA) is 33.3 Å². The van der Waals surface area contributed by atoms with Gasteiger partial charge in [0, 0.05) is 6.61 Å². The van der Waals surface area contributed by atoms with Crippen molar-refractivity contribution < 1.29 is 4.74 Å². The van der Waals surface area contributed by atoms with E-state index in [1.165, 1.54) is 12.8 Å². The van der Waals surface area contributed by atoms with Crippen molar-refractivity contribution >= 4 is 0 Å². The number of hydrogen-bond acceptors (Lipinski definition) is 3. The monoisotopic (exact) mass is 270 g/mol. The largest absolute Gasteiger partial charge is 0.378 e. The summed E-state index contributed by atoms with van der Waals surface area (Å²) in [5.41, 5.74) is 0. The molecular weight excluding hydrogens is 236 g/mol. The third kappa shape index (κ3) is 7.28. The highest BCUT2D eigenvalue weighted by molar-refractivity contribution is 4.70. The van der Waals surface area contributed by atoms with Gasteiger partial charge in [-0.05, 0) is 63.2 Å². The minimum absolute atomic E-state index is 0.500.